The number of nitrogens with zero attached hydrogens (tertiary/aromatic N) is 1. The molecule has 2 bridgehead atoms. The second-order valence-electron chi connectivity index (χ2n) is 5.19. The topological polar surface area (TPSA) is 51.5 Å². The standard InChI is InChI=1S/C12H17NO3/c1-12(2,3)16-11(15)13-8-4-5-9(13)7-10(14)6-8/h4-5,10,14H,6-7H2,1-3H3. The first kappa shape index (κ1) is 11.2. The molecule has 0 aliphatic carbocycles. The molecule has 16 heavy (non-hydrogen) atoms. The van der Waals surface area contributed by atoms with Gasteiger partial charge in [0.1, 0.15) is 5.60 Å². The van der Waals surface area contributed by atoms with Gasteiger partial charge in [-0.25, -0.2) is 4.79 Å². The predicted molar refractivity (Wildman–Crippen MR) is 59.5 cm³/mol. The van der Waals surface area contributed by atoms with E-state index in [2.05, 4.69) is 0 Å². The SMILES string of the molecule is CC(C)(C)OC(=O)n1c2ccc1CC(O)C2. The van der Waals surface area contributed by atoms with Crippen LogP contribution in [0.5, 0.6) is 0 Å². The smallest absolute Gasteiger partial charge is 0.418 e. The summed E-state index contributed by atoms with van der Waals surface area (Å²) in [5, 5.41) is 9.56. The van der Waals surface area contributed by atoms with E-state index in [1.54, 1.807) is 4.57 Å². The summed E-state index contributed by atoms with van der Waals surface area (Å²) in [6, 6.07) is 3.74. The average Bonchev–Trinajstić information content (AvgIpc) is 2.36. The summed E-state index contributed by atoms with van der Waals surface area (Å²) in [7, 11) is 0. The summed E-state index contributed by atoms with van der Waals surface area (Å²) < 4.78 is 6.88. The number of carbonyl (C=O) groups excluding carboxylic acids is 1. The molecule has 0 saturated heterocycles. The molecule has 1 aromatic rings. The molecule has 1 aliphatic rings. The van der Waals surface area contributed by atoms with E-state index < -0.39 is 5.60 Å². The quantitative estimate of drug-likeness (QED) is 0.728. The van der Waals surface area contributed by atoms with E-state index in [0.29, 0.717) is 12.8 Å². The monoisotopic (exact) mass is 223 g/mol. The predicted octanol–water partition coefficient (Wildman–Crippen LogP) is 1.73. The molecule has 0 radical (unpaired) electrons. The highest BCUT2D eigenvalue weighted by Gasteiger charge is 2.27. The number of rotatable bonds is 0. The second kappa shape index (κ2) is 3.63. The molecular formula is C12H17NO3. The fraction of sp³-hybridized carbons (Fsp3) is 0.583. The van der Waals surface area contributed by atoms with Crippen LogP contribution in [0.25, 0.3) is 0 Å². The van der Waals surface area contributed by atoms with Gasteiger partial charge in [-0.15, -0.1) is 0 Å². The first-order valence-corrected chi connectivity index (χ1v) is 5.48. The lowest BCUT2D eigenvalue weighted by molar-refractivity contribution is 0.0510. The Morgan fingerprint density at radius 1 is 1.38 bits per heavy atom. The van der Waals surface area contributed by atoms with Gasteiger partial charge in [0.05, 0.1) is 6.10 Å². The van der Waals surface area contributed by atoms with E-state index in [1.165, 1.54) is 0 Å². The van der Waals surface area contributed by atoms with E-state index >= 15 is 0 Å². The van der Waals surface area contributed by atoms with E-state index in [9.17, 15) is 9.90 Å². The van der Waals surface area contributed by atoms with Crippen molar-refractivity contribution in [3.63, 3.8) is 0 Å². The summed E-state index contributed by atoms with van der Waals surface area (Å²) in [5.41, 5.74) is 1.15. The molecule has 0 saturated carbocycles. The van der Waals surface area contributed by atoms with Crippen molar-refractivity contribution < 1.29 is 14.6 Å². The van der Waals surface area contributed by atoms with Crippen LogP contribution in [-0.2, 0) is 17.6 Å². The van der Waals surface area contributed by atoms with Crippen LogP contribution >= 0.6 is 0 Å². The number of hydrogen-bond donors (Lipinski definition) is 1. The third kappa shape index (κ3) is 2.11. The van der Waals surface area contributed by atoms with Crippen LogP contribution in [0.3, 0.4) is 0 Å². The molecule has 0 unspecified atom stereocenters. The van der Waals surface area contributed by atoms with Gasteiger partial charge in [-0.05, 0) is 32.9 Å². The minimum atomic E-state index is -0.492. The van der Waals surface area contributed by atoms with E-state index in [4.69, 9.17) is 4.74 Å². The average molecular weight is 223 g/mol. The molecule has 4 nitrogen and oxygen atoms in total. The van der Waals surface area contributed by atoms with Crippen molar-refractivity contribution in [3.05, 3.63) is 23.5 Å². The Balaban J connectivity index is 2.24. The molecule has 1 aromatic heterocycles. The Hall–Kier alpha value is -1.29. The van der Waals surface area contributed by atoms with Crippen LogP contribution in [0, 0.1) is 0 Å². The Kier molecular flexibility index (Phi) is 2.54. The summed E-state index contributed by atoms with van der Waals surface area (Å²) in [4.78, 5) is 11.9. The van der Waals surface area contributed by atoms with Gasteiger partial charge < -0.3 is 9.84 Å². The van der Waals surface area contributed by atoms with Crippen molar-refractivity contribution in [2.75, 3.05) is 0 Å². The zero-order valence-electron chi connectivity index (χ0n) is 9.86. The normalized spacial score (nSPS) is 16.2. The summed E-state index contributed by atoms with van der Waals surface area (Å²) in [6.45, 7) is 5.52. The maximum Gasteiger partial charge on any atom is 0.418 e. The van der Waals surface area contributed by atoms with Crippen LogP contribution in [0.4, 0.5) is 4.79 Å². The largest absolute Gasteiger partial charge is 0.443 e. The summed E-state index contributed by atoms with van der Waals surface area (Å²) >= 11 is 0. The Bertz CT molecular complexity index is 391. The second-order valence-corrected chi connectivity index (χ2v) is 5.19. The first-order valence-electron chi connectivity index (χ1n) is 5.48. The maximum absolute atomic E-state index is 11.9. The number of hydrogen-bond acceptors (Lipinski definition) is 3. The van der Waals surface area contributed by atoms with Gasteiger partial charge in [0.2, 0.25) is 0 Å². The van der Waals surface area contributed by atoms with Crippen LogP contribution < -0.4 is 0 Å². The fourth-order valence-electron chi connectivity index (χ4n) is 1.94. The zero-order valence-corrected chi connectivity index (χ0v) is 9.86. The third-order valence-corrected chi connectivity index (χ3v) is 2.51. The van der Waals surface area contributed by atoms with Crippen molar-refractivity contribution in [2.24, 2.45) is 0 Å². The van der Waals surface area contributed by atoms with E-state index in [0.717, 1.165) is 11.4 Å². The highest BCUT2D eigenvalue weighted by molar-refractivity contribution is 5.73. The van der Waals surface area contributed by atoms with Crippen molar-refractivity contribution in [2.45, 2.75) is 45.3 Å². The molecule has 0 fully saturated rings. The van der Waals surface area contributed by atoms with Gasteiger partial charge in [-0.3, -0.25) is 4.57 Å². The molecular weight excluding hydrogens is 206 g/mol. The minimum Gasteiger partial charge on any atom is -0.443 e. The van der Waals surface area contributed by atoms with Crippen LogP contribution in [0.2, 0.25) is 0 Å². The summed E-state index contributed by atoms with van der Waals surface area (Å²) in [5.74, 6) is 0. The lowest BCUT2D eigenvalue weighted by Crippen LogP contribution is -2.33. The van der Waals surface area contributed by atoms with Crippen LogP contribution in [0.1, 0.15) is 32.2 Å². The number of aliphatic hydroxyl groups is 1. The molecule has 0 spiro atoms. The van der Waals surface area contributed by atoms with Gasteiger partial charge in [0, 0.05) is 24.2 Å². The summed E-state index contributed by atoms with van der Waals surface area (Å²) in [6.07, 6.45) is 0.298. The van der Waals surface area contributed by atoms with Gasteiger partial charge in [-0.1, -0.05) is 0 Å². The van der Waals surface area contributed by atoms with Crippen molar-refractivity contribution in [1.82, 2.24) is 4.57 Å². The Labute approximate surface area is 94.8 Å². The number of fused-ring (bicyclic) bond motifs is 2. The number of ether oxygens (including phenoxy) is 1. The molecule has 1 N–H and O–H groups in total. The van der Waals surface area contributed by atoms with E-state index in [-0.39, 0.29) is 12.2 Å². The minimum absolute atomic E-state index is 0.352. The van der Waals surface area contributed by atoms with Crippen LogP contribution in [-0.4, -0.2) is 27.5 Å². The third-order valence-electron chi connectivity index (χ3n) is 2.51. The lowest BCUT2D eigenvalue weighted by atomic mass is 10.1. The van der Waals surface area contributed by atoms with Crippen molar-refractivity contribution in [3.8, 4) is 0 Å². The Morgan fingerprint density at radius 3 is 2.31 bits per heavy atom. The lowest BCUT2D eigenvalue weighted by Gasteiger charge is -2.24. The fourth-order valence-corrected chi connectivity index (χ4v) is 1.94. The number of carbonyl (C=O) groups is 1. The van der Waals surface area contributed by atoms with Crippen molar-refractivity contribution in [1.29, 1.82) is 0 Å². The number of aromatic nitrogens is 1. The number of aliphatic hydroxyl groups excluding tert-OH is 1. The molecule has 4 heteroatoms. The molecule has 0 aromatic carbocycles. The highest BCUT2D eigenvalue weighted by Crippen LogP contribution is 2.22. The first-order chi connectivity index (χ1) is 7.37. The van der Waals surface area contributed by atoms with Gasteiger partial charge in [0.25, 0.3) is 0 Å². The molecule has 1 aliphatic heterocycles. The van der Waals surface area contributed by atoms with Gasteiger partial charge in [-0.2, -0.15) is 0 Å². The molecule has 0 amide bonds. The van der Waals surface area contributed by atoms with Gasteiger partial charge >= 0.3 is 6.09 Å². The molecule has 2 heterocycles. The van der Waals surface area contributed by atoms with Crippen molar-refractivity contribution >= 4 is 6.09 Å². The maximum atomic E-state index is 11.9. The van der Waals surface area contributed by atoms with Gasteiger partial charge in [0.15, 0.2) is 0 Å². The van der Waals surface area contributed by atoms with Crippen LogP contribution in [0.15, 0.2) is 12.1 Å². The highest BCUT2D eigenvalue weighted by atomic mass is 16.6. The Morgan fingerprint density at radius 2 is 1.88 bits per heavy atom. The zero-order chi connectivity index (χ0) is 11.9. The van der Waals surface area contributed by atoms with E-state index in [1.807, 2.05) is 32.9 Å². The molecule has 0 atom stereocenters. The molecule has 2 rings (SSSR count). The molecule has 88 valence electrons.